The van der Waals surface area contributed by atoms with Crippen molar-refractivity contribution in [3.63, 3.8) is 0 Å². The highest BCUT2D eigenvalue weighted by Gasteiger charge is 2.23. The van der Waals surface area contributed by atoms with E-state index >= 15 is 0 Å². The quantitative estimate of drug-likeness (QED) is 0.299. The second-order valence-corrected chi connectivity index (χ2v) is 7.69. The number of hydrogen-bond donors (Lipinski definition) is 1. The number of nitrogens with one attached hydrogen (secondary N) is 1. The molecule has 0 spiro atoms. The maximum Gasteiger partial charge on any atom is 0.341 e. The third-order valence-electron chi connectivity index (χ3n) is 4.41. The fourth-order valence-electron chi connectivity index (χ4n) is 2.72. The molecule has 0 unspecified atom stereocenters. The third-order valence-corrected chi connectivity index (χ3v) is 5.53. The van der Waals surface area contributed by atoms with Crippen LogP contribution in [0.15, 0.2) is 40.8 Å². The summed E-state index contributed by atoms with van der Waals surface area (Å²) in [5.74, 6) is -0.116. The highest BCUT2D eigenvalue weighted by atomic mass is 32.1. The molecule has 0 bridgehead atoms. The fraction of sp³-hybridized carbons (Fsp3) is 0.238. The second kappa shape index (κ2) is 9.43. The lowest BCUT2D eigenvalue weighted by molar-refractivity contribution is -0.384. The molecule has 0 aliphatic carbocycles. The molecule has 2 aromatic heterocycles. The number of aryl methyl sites for hydroxylation is 1. The van der Waals surface area contributed by atoms with Gasteiger partial charge in [0.2, 0.25) is 0 Å². The van der Waals surface area contributed by atoms with E-state index in [9.17, 15) is 19.7 Å². The summed E-state index contributed by atoms with van der Waals surface area (Å²) in [6, 6.07) is 8.73. The number of ether oxygens (including phenoxy) is 2. The Kier molecular flexibility index (Phi) is 6.71. The Hall–Kier alpha value is -3.66. The van der Waals surface area contributed by atoms with Gasteiger partial charge in [-0.15, -0.1) is 11.3 Å². The SMILES string of the molecule is CCOC(=O)c1c(NC(=O)c2ccc(COc3ccc([N+](=O)[O-])cc3)o2)sc(C)c1C. The van der Waals surface area contributed by atoms with E-state index in [4.69, 9.17) is 13.9 Å². The summed E-state index contributed by atoms with van der Waals surface area (Å²) in [5, 5.41) is 13.8. The minimum absolute atomic E-state index is 0.0365. The molecule has 0 aliphatic heterocycles. The van der Waals surface area contributed by atoms with Crippen molar-refractivity contribution in [2.75, 3.05) is 11.9 Å². The Morgan fingerprint density at radius 2 is 1.87 bits per heavy atom. The molecule has 162 valence electrons. The van der Waals surface area contributed by atoms with Crippen LogP contribution in [0.4, 0.5) is 10.7 Å². The molecule has 0 atom stereocenters. The first kappa shape index (κ1) is 22.0. The van der Waals surface area contributed by atoms with Gasteiger partial charge in [0.05, 0.1) is 17.1 Å². The Morgan fingerprint density at radius 3 is 2.52 bits per heavy atom. The molecule has 1 amide bonds. The third kappa shape index (κ3) is 5.10. The van der Waals surface area contributed by atoms with E-state index in [0.717, 1.165) is 10.4 Å². The van der Waals surface area contributed by atoms with Gasteiger partial charge < -0.3 is 19.2 Å². The van der Waals surface area contributed by atoms with Gasteiger partial charge in [-0.3, -0.25) is 14.9 Å². The number of hydrogen-bond acceptors (Lipinski definition) is 8. The van der Waals surface area contributed by atoms with Gasteiger partial charge in [0.1, 0.15) is 23.1 Å². The van der Waals surface area contributed by atoms with Crippen LogP contribution in [0.2, 0.25) is 0 Å². The summed E-state index contributed by atoms with van der Waals surface area (Å²) < 4.78 is 16.1. The highest BCUT2D eigenvalue weighted by molar-refractivity contribution is 7.16. The zero-order valence-electron chi connectivity index (χ0n) is 17.1. The Bertz CT molecular complexity index is 1120. The van der Waals surface area contributed by atoms with Crippen molar-refractivity contribution in [3.05, 3.63) is 74.0 Å². The minimum atomic E-state index is -0.506. The summed E-state index contributed by atoms with van der Waals surface area (Å²) in [4.78, 5) is 35.9. The topological polar surface area (TPSA) is 121 Å². The summed E-state index contributed by atoms with van der Waals surface area (Å²) in [7, 11) is 0. The molecule has 0 fully saturated rings. The molecule has 3 aromatic rings. The summed E-state index contributed by atoms with van der Waals surface area (Å²) in [6.07, 6.45) is 0. The summed E-state index contributed by atoms with van der Waals surface area (Å²) >= 11 is 1.29. The van der Waals surface area contributed by atoms with Gasteiger partial charge in [0, 0.05) is 17.0 Å². The molecule has 3 rings (SSSR count). The van der Waals surface area contributed by atoms with Crippen LogP contribution < -0.4 is 10.1 Å². The average molecular weight is 444 g/mol. The molecule has 0 aliphatic rings. The predicted octanol–water partition coefficient (Wildman–Crippen LogP) is 4.87. The largest absolute Gasteiger partial charge is 0.486 e. The van der Waals surface area contributed by atoms with Gasteiger partial charge in [0.25, 0.3) is 11.6 Å². The lowest BCUT2D eigenvalue weighted by Gasteiger charge is -2.06. The van der Waals surface area contributed by atoms with Crippen molar-refractivity contribution in [1.29, 1.82) is 0 Å². The summed E-state index contributed by atoms with van der Waals surface area (Å²) in [5.41, 5.74) is 1.06. The van der Waals surface area contributed by atoms with E-state index in [1.165, 1.54) is 41.7 Å². The molecule has 1 aromatic carbocycles. The van der Waals surface area contributed by atoms with E-state index in [2.05, 4.69) is 5.32 Å². The molecule has 0 saturated carbocycles. The first-order valence-corrected chi connectivity index (χ1v) is 10.2. The van der Waals surface area contributed by atoms with Crippen molar-refractivity contribution in [1.82, 2.24) is 0 Å². The molecule has 1 N–H and O–H groups in total. The van der Waals surface area contributed by atoms with Crippen molar-refractivity contribution in [3.8, 4) is 5.75 Å². The van der Waals surface area contributed by atoms with E-state index in [1.54, 1.807) is 19.9 Å². The maximum atomic E-state index is 12.6. The summed E-state index contributed by atoms with van der Waals surface area (Å²) in [6.45, 7) is 5.65. The van der Waals surface area contributed by atoms with Crippen LogP contribution in [0.5, 0.6) is 5.75 Å². The number of nitro groups is 1. The zero-order chi connectivity index (χ0) is 22.5. The maximum absolute atomic E-state index is 12.6. The lowest BCUT2D eigenvalue weighted by atomic mass is 10.1. The van der Waals surface area contributed by atoms with Gasteiger partial charge in [-0.2, -0.15) is 0 Å². The van der Waals surface area contributed by atoms with Crippen LogP contribution >= 0.6 is 11.3 Å². The van der Waals surface area contributed by atoms with Crippen LogP contribution in [-0.4, -0.2) is 23.4 Å². The van der Waals surface area contributed by atoms with Crippen LogP contribution in [0.1, 0.15) is 44.0 Å². The fourth-order valence-corrected chi connectivity index (χ4v) is 3.77. The molecule has 9 nitrogen and oxygen atoms in total. The van der Waals surface area contributed by atoms with Gasteiger partial charge >= 0.3 is 5.97 Å². The van der Waals surface area contributed by atoms with E-state index in [-0.39, 0.29) is 24.7 Å². The monoisotopic (exact) mass is 444 g/mol. The van der Waals surface area contributed by atoms with Crippen LogP contribution in [0, 0.1) is 24.0 Å². The first-order chi connectivity index (χ1) is 14.8. The normalized spacial score (nSPS) is 10.5. The standard InChI is InChI=1S/C21H20N2O7S/c1-4-28-21(25)18-12(2)13(3)31-20(18)22-19(24)17-10-9-16(30-17)11-29-15-7-5-14(6-8-15)23(26)27/h5-10H,4,11H2,1-3H3,(H,22,24). The molecule has 0 saturated heterocycles. The van der Waals surface area contributed by atoms with Crippen molar-refractivity contribution < 1.29 is 28.4 Å². The number of anilines is 1. The van der Waals surface area contributed by atoms with Gasteiger partial charge in [-0.25, -0.2) is 4.79 Å². The molecular weight excluding hydrogens is 424 g/mol. The number of thiophene rings is 1. The number of rotatable bonds is 8. The molecular formula is C21H20N2O7S. The van der Waals surface area contributed by atoms with E-state index in [0.29, 0.717) is 22.1 Å². The number of furan rings is 1. The number of nitro benzene ring substituents is 1. The number of nitrogens with zero attached hydrogens (tertiary/aromatic N) is 1. The first-order valence-electron chi connectivity index (χ1n) is 9.34. The molecule has 2 heterocycles. The lowest BCUT2D eigenvalue weighted by Crippen LogP contribution is -2.14. The van der Waals surface area contributed by atoms with Gasteiger partial charge in [0.15, 0.2) is 5.76 Å². The number of amides is 1. The number of non-ortho nitro benzene ring substituents is 1. The van der Waals surface area contributed by atoms with Crippen LogP contribution in [0.25, 0.3) is 0 Å². The van der Waals surface area contributed by atoms with E-state index < -0.39 is 16.8 Å². The highest BCUT2D eigenvalue weighted by Crippen LogP contribution is 2.33. The smallest absolute Gasteiger partial charge is 0.341 e. The van der Waals surface area contributed by atoms with Gasteiger partial charge in [-0.05, 0) is 50.6 Å². The van der Waals surface area contributed by atoms with Crippen molar-refractivity contribution >= 4 is 33.9 Å². The molecule has 31 heavy (non-hydrogen) atoms. The van der Waals surface area contributed by atoms with Crippen molar-refractivity contribution in [2.45, 2.75) is 27.4 Å². The van der Waals surface area contributed by atoms with Gasteiger partial charge in [-0.1, -0.05) is 0 Å². The number of benzene rings is 1. The average Bonchev–Trinajstić information content (AvgIpc) is 3.32. The molecule has 0 radical (unpaired) electrons. The Morgan fingerprint density at radius 1 is 1.16 bits per heavy atom. The van der Waals surface area contributed by atoms with Crippen LogP contribution in [-0.2, 0) is 11.3 Å². The van der Waals surface area contributed by atoms with Crippen LogP contribution in [0.3, 0.4) is 0 Å². The number of carbonyl (C=O) groups excluding carboxylic acids is 2. The predicted molar refractivity (Wildman–Crippen MR) is 114 cm³/mol. The van der Waals surface area contributed by atoms with E-state index in [1.807, 2.05) is 6.92 Å². The second-order valence-electron chi connectivity index (χ2n) is 6.47. The number of carbonyl (C=O) groups is 2. The minimum Gasteiger partial charge on any atom is -0.486 e. The Balaban J connectivity index is 1.66. The number of esters is 1. The Labute approximate surface area is 181 Å². The zero-order valence-corrected chi connectivity index (χ0v) is 17.9. The van der Waals surface area contributed by atoms with Crippen molar-refractivity contribution in [2.24, 2.45) is 0 Å². The molecule has 10 heteroatoms.